The Morgan fingerprint density at radius 3 is 2.65 bits per heavy atom. The Bertz CT molecular complexity index is 401. The first-order valence-electron chi connectivity index (χ1n) is 5.13. The lowest BCUT2D eigenvalue weighted by molar-refractivity contribution is 0.0229. The number of carbonyl (C=O) groups excluding carboxylic acids is 1. The van der Waals surface area contributed by atoms with E-state index in [1.807, 2.05) is 13.8 Å². The quantitative estimate of drug-likeness (QED) is 0.925. The molecule has 0 heterocycles. The van der Waals surface area contributed by atoms with Crippen LogP contribution in [0.1, 0.15) is 24.2 Å². The van der Waals surface area contributed by atoms with E-state index in [4.69, 9.17) is 16.3 Å². The molecule has 1 aromatic carbocycles. The zero-order valence-electron chi connectivity index (χ0n) is 10.0. The van der Waals surface area contributed by atoms with Crippen LogP contribution in [0, 0.1) is 0 Å². The van der Waals surface area contributed by atoms with Crippen molar-refractivity contribution in [1.29, 1.82) is 0 Å². The summed E-state index contributed by atoms with van der Waals surface area (Å²) in [7, 11) is 1.61. The van der Waals surface area contributed by atoms with E-state index in [2.05, 4.69) is 21.2 Å². The van der Waals surface area contributed by atoms with Gasteiger partial charge in [0.05, 0.1) is 5.60 Å². The van der Waals surface area contributed by atoms with Crippen molar-refractivity contribution in [1.82, 2.24) is 5.32 Å². The van der Waals surface area contributed by atoms with Crippen molar-refractivity contribution in [3.63, 3.8) is 0 Å². The molecule has 1 rings (SSSR count). The minimum absolute atomic E-state index is 0.168. The topological polar surface area (TPSA) is 38.3 Å². The fourth-order valence-corrected chi connectivity index (χ4v) is 2.01. The lowest BCUT2D eigenvalue weighted by atomic mass is 10.1. The van der Waals surface area contributed by atoms with Crippen LogP contribution in [-0.4, -0.2) is 25.2 Å². The standard InChI is InChI=1S/C12H15BrClNO2/c1-12(2,17-3)7-15-11(16)8-4-9(13)6-10(14)5-8/h4-6H,7H2,1-3H3,(H,15,16). The zero-order chi connectivity index (χ0) is 13.1. The Morgan fingerprint density at radius 2 is 2.12 bits per heavy atom. The number of carbonyl (C=O) groups is 1. The molecule has 1 aromatic rings. The van der Waals surface area contributed by atoms with Crippen LogP contribution in [0.4, 0.5) is 0 Å². The SMILES string of the molecule is COC(C)(C)CNC(=O)c1cc(Cl)cc(Br)c1. The first-order valence-corrected chi connectivity index (χ1v) is 6.30. The van der Waals surface area contributed by atoms with Gasteiger partial charge in [0, 0.05) is 28.7 Å². The summed E-state index contributed by atoms with van der Waals surface area (Å²) in [6.45, 7) is 4.24. The smallest absolute Gasteiger partial charge is 0.251 e. The summed E-state index contributed by atoms with van der Waals surface area (Å²) in [6, 6.07) is 5.08. The summed E-state index contributed by atoms with van der Waals surface area (Å²) in [5.41, 5.74) is 0.141. The molecule has 1 N–H and O–H groups in total. The van der Waals surface area contributed by atoms with Crippen molar-refractivity contribution >= 4 is 33.4 Å². The Kier molecular flexibility index (Phi) is 4.98. The Balaban J connectivity index is 2.70. The molecule has 17 heavy (non-hydrogen) atoms. The molecule has 0 saturated carbocycles. The molecule has 0 aromatic heterocycles. The van der Waals surface area contributed by atoms with Gasteiger partial charge in [-0.05, 0) is 32.0 Å². The summed E-state index contributed by atoms with van der Waals surface area (Å²) < 4.78 is 6.00. The van der Waals surface area contributed by atoms with Crippen LogP contribution >= 0.6 is 27.5 Å². The minimum atomic E-state index is -0.383. The normalized spacial score (nSPS) is 11.4. The third-order valence-corrected chi connectivity index (χ3v) is 3.03. The largest absolute Gasteiger partial charge is 0.377 e. The van der Waals surface area contributed by atoms with Crippen LogP contribution in [0.25, 0.3) is 0 Å². The molecular weight excluding hydrogens is 305 g/mol. The van der Waals surface area contributed by atoms with Gasteiger partial charge in [0.25, 0.3) is 5.91 Å². The first-order chi connectivity index (χ1) is 7.84. The van der Waals surface area contributed by atoms with Gasteiger partial charge in [-0.2, -0.15) is 0 Å². The second-order valence-corrected chi connectivity index (χ2v) is 5.66. The van der Waals surface area contributed by atoms with Crippen molar-refractivity contribution in [3.8, 4) is 0 Å². The van der Waals surface area contributed by atoms with Gasteiger partial charge in [-0.15, -0.1) is 0 Å². The summed E-state index contributed by atoms with van der Waals surface area (Å²) in [5.74, 6) is -0.168. The molecule has 0 atom stereocenters. The average molecular weight is 321 g/mol. The number of hydrogen-bond acceptors (Lipinski definition) is 2. The van der Waals surface area contributed by atoms with Gasteiger partial charge < -0.3 is 10.1 Å². The zero-order valence-corrected chi connectivity index (χ0v) is 12.4. The van der Waals surface area contributed by atoms with Gasteiger partial charge in [-0.3, -0.25) is 4.79 Å². The lowest BCUT2D eigenvalue weighted by Gasteiger charge is -2.23. The van der Waals surface area contributed by atoms with Gasteiger partial charge in [0.1, 0.15) is 0 Å². The van der Waals surface area contributed by atoms with Crippen LogP contribution < -0.4 is 5.32 Å². The number of methoxy groups -OCH3 is 1. The van der Waals surface area contributed by atoms with Crippen LogP contribution in [0.15, 0.2) is 22.7 Å². The highest BCUT2D eigenvalue weighted by molar-refractivity contribution is 9.10. The number of amides is 1. The first kappa shape index (κ1) is 14.5. The fraction of sp³-hybridized carbons (Fsp3) is 0.417. The van der Waals surface area contributed by atoms with Gasteiger partial charge in [0.15, 0.2) is 0 Å². The van der Waals surface area contributed by atoms with E-state index in [0.29, 0.717) is 17.1 Å². The average Bonchev–Trinajstić information content (AvgIpc) is 2.24. The van der Waals surface area contributed by atoms with Crippen LogP contribution in [0.3, 0.4) is 0 Å². The van der Waals surface area contributed by atoms with Crippen molar-refractivity contribution in [3.05, 3.63) is 33.3 Å². The van der Waals surface area contributed by atoms with Crippen molar-refractivity contribution in [2.45, 2.75) is 19.4 Å². The summed E-state index contributed by atoms with van der Waals surface area (Å²) in [5, 5.41) is 3.32. The van der Waals surface area contributed by atoms with E-state index in [1.54, 1.807) is 25.3 Å². The molecule has 0 aliphatic carbocycles. The highest BCUT2D eigenvalue weighted by atomic mass is 79.9. The highest BCUT2D eigenvalue weighted by Gasteiger charge is 2.18. The third-order valence-electron chi connectivity index (χ3n) is 2.35. The molecule has 0 radical (unpaired) electrons. The predicted octanol–water partition coefficient (Wildman–Crippen LogP) is 3.26. The van der Waals surface area contributed by atoms with Gasteiger partial charge in [0.2, 0.25) is 0 Å². The summed E-state index contributed by atoms with van der Waals surface area (Å²) in [4.78, 5) is 11.9. The molecule has 3 nitrogen and oxygen atoms in total. The summed E-state index contributed by atoms with van der Waals surface area (Å²) in [6.07, 6.45) is 0. The molecular formula is C12H15BrClNO2. The Morgan fingerprint density at radius 1 is 1.47 bits per heavy atom. The number of hydrogen-bond donors (Lipinski definition) is 1. The molecule has 5 heteroatoms. The van der Waals surface area contributed by atoms with E-state index in [1.165, 1.54) is 0 Å². The van der Waals surface area contributed by atoms with Crippen LogP contribution in [0.2, 0.25) is 5.02 Å². The summed E-state index contributed by atoms with van der Waals surface area (Å²) >= 11 is 9.17. The van der Waals surface area contributed by atoms with Gasteiger partial charge in [-0.1, -0.05) is 27.5 Å². The predicted molar refractivity (Wildman–Crippen MR) is 72.6 cm³/mol. The molecule has 0 aliphatic rings. The molecule has 0 saturated heterocycles. The number of rotatable bonds is 4. The fourth-order valence-electron chi connectivity index (χ4n) is 1.15. The molecule has 94 valence electrons. The van der Waals surface area contributed by atoms with Gasteiger partial charge in [-0.25, -0.2) is 0 Å². The molecule has 0 fully saturated rings. The maximum atomic E-state index is 11.9. The molecule has 0 spiro atoms. The Hall–Kier alpha value is -0.580. The number of ether oxygens (including phenoxy) is 1. The van der Waals surface area contributed by atoms with Crippen molar-refractivity contribution in [2.75, 3.05) is 13.7 Å². The van der Waals surface area contributed by atoms with Crippen LogP contribution in [0.5, 0.6) is 0 Å². The molecule has 0 unspecified atom stereocenters. The highest BCUT2D eigenvalue weighted by Crippen LogP contribution is 2.19. The maximum Gasteiger partial charge on any atom is 0.251 e. The van der Waals surface area contributed by atoms with E-state index in [0.717, 1.165) is 4.47 Å². The minimum Gasteiger partial charge on any atom is -0.377 e. The Labute approximate surface area is 115 Å². The van der Waals surface area contributed by atoms with E-state index in [9.17, 15) is 4.79 Å². The number of halogens is 2. The van der Waals surface area contributed by atoms with Crippen molar-refractivity contribution < 1.29 is 9.53 Å². The van der Waals surface area contributed by atoms with E-state index < -0.39 is 0 Å². The van der Waals surface area contributed by atoms with E-state index >= 15 is 0 Å². The third kappa shape index (κ3) is 4.66. The molecule has 0 aliphatic heterocycles. The molecule has 1 amide bonds. The monoisotopic (exact) mass is 319 g/mol. The second kappa shape index (κ2) is 5.85. The lowest BCUT2D eigenvalue weighted by Crippen LogP contribution is -2.39. The van der Waals surface area contributed by atoms with Crippen molar-refractivity contribution in [2.24, 2.45) is 0 Å². The van der Waals surface area contributed by atoms with E-state index in [-0.39, 0.29) is 11.5 Å². The van der Waals surface area contributed by atoms with Gasteiger partial charge >= 0.3 is 0 Å². The second-order valence-electron chi connectivity index (χ2n) is 4.30. The number of nitrogens with one attached hydrogen (secondary N) is 1. The molecule has 0 bridgehead atoms. The van der Waals surface area contributed by atoms with Crippen LogP contribution in [-0.2, 0) is 4.74 Å². The number of benzene rings is 1. The maximum absolute atomic E-state index is 11.9.